The topological polar surface area (TPSA) is 54.3 Å². The van der Waals surface area contributed by atoms with Crippen molar-refractivity contribution in [2.75, 3.05) is 31.1 Å². The second kappa shape index (κ2) is 7.59. The normalized spacial score (nSPS) is 14.3. The number of benzene rings is 2. The number of amides is 1. The first-order chi connectivity index (χ1) is 14.7. The van der Waals surface area contributed by atoms with Crippen molar-refractivity contribution in [2.24, 2.45) is 0 Å². The second-order valence-corrected chi connectivity index (χ2v) is 7.26. The van der Waals surface area contributed by atoms with Gasteiger partial charge in [0, 0.05) is 61.4 Å². The van der Waals surface area contributed by atoms with Crippen LogP contribution in [-0.4, -0.2) is 51.5 Å². The van der Waals surface area contributed by atoms with Crippen LogP contribution in [0.2, 0.25) is 0 Å². The largest absolute Gasteiger partial charge is 0.368 e. The minimum atomic E-state index is -0.240. The van der Waals surface area contributed by atoms with Gasteiger partial charge in [-0.3, -0.25) is 9.36 Å². The Labute approximate surface area is 173 Å². The summed E-state index contributed by atoms with van der Waals surface area (Å²) in [4.78, 5) is 25.7. The molecule has 1 amide bonds. The average Bonchev–Trinajstić information content (AvgIpc) is 3.23. The van der Waals surface area contributed by atoms with Crippen LogP contribution in [0.15, 0.2) is 73.2 Å². The number of aromatic nitrogens is 3. The van der Waals surface area contributed by atoms with Crippen LogP contribution in [0.3, 0.4) is 0 Å². The van der Waals surface area contributed by atoms with Gasteiger partial charge >= 0.3 is 0 Å². The van der Waals surface area contributed by atoms with Crippen molar-refractivity contribution in [1.29, 1.82) is 0 Å². The molecule has 1 aliphatic heterocycles. The van der Waals surface area contributed by atoms with Crippen molar-refractivity contribution in [1.82, 2.24) is 19.4 Å². The predicted molar refractivity (Wildman–Crippen MR) is 113 cm³/mol. The van der Waals surface area contributed by atoms with Gasteiger partial charge in [0.1, 0.15) is 5.82 Å². The Morgan fingerprint density at radius 2 is 1.63 bits per heavy atom. The zero-order chi connectivity index (χ0) is 20.5. The molecule has 1 fully saturated rings. The van der Waals surface area contributed by atoms with E-state index < -0.39 is 0 Å². The number of anilines is 1. The highest BCUT2D eigenvalue weighted by Gasteiger charge is 2.23. The summed E-state index contributed by atoms with van der Waals surface area (Å²) in [6.07, 6.45) is 5.32. The fourth-order valence-corrected chi connectivity index (χ4v) is 3.87. The van der Waals surface area contributed by atoms with Crippen molar-refractivity contribution in [3.63, 3.8) is 0 Å². The zero-order valence-corrected chi connectivity index (χ0v) is 16.3. The van der Waals surface area contributed by atoms with Gasteiger partial charge in [0.2, 0.25) is 5.95 Å². The van der Waals surface area contributed by atoms with E-state index in [9.17, 15) is 9.18 Å². The maximum Gasteiger partial charge on any atom is 0.253 e. The van der Waals surface area contributed by atoms with Gasteiger partial charge in [-0.1, -0.05) is 0 Å². The SMILES string of the molecule is O=C(c1ccc2c(ccn2-c2ncccn2)c1)N1CCN(c2ccc(F)cc2)CC1. The third kappa shape index (κ3) is 3.39. The van der Waals surface area contributed by atoms with E-state index in [0.717, 1.165) is 29.7 Å². The van der Waals surface area contributed by atoms with E-state index in [-0.39, 0.29) is 11.7 Å². The van der Waals surface area contributed by atoms with Crippen LogP contribution in [0.4, 0.5) is 10.1 Å². The summed E-state index contributed by atoms with van der Waals surface area (Å²) in [5, 5.41) is 0.971. The van der Waals surface area contributed by atoms with E-state index in [0.29, 0.717) is 24.6 Å². The molecule has 0 atom stereocenters. The number of carbonyl (C=O) groups excluding carboxylic acids is 1. The van der Waals surface area contributed by atoms with Crippen molar-refractivity contribution in [2.45, 2.75) is 0 Å². The number of halogens is 1. The van der Waals surface area contributed by atoms with Gasteiger partial charge < -0.3 is 9.80 Å². The number of piperazine rings is 1. The van der Waals surface area contributed by atoms with E-state index in [1.54, 1.807) is 30.6 Å². The maximum absolute atomic E-state index is 13.1. The summed E-state index contributed by atoms with van der Waals surface area (Å²) in [6, 6.07) is 16.0. The van der Waals surface area contributed by atoms with Crippen LogP contribution >= 0.6 is 0 Å². The smallest absolute Gasteiger partial charge is 0.253 e. The molecule has 7 heteroatoms. The van der Waals surface area contributed by atoms with E-state index in [1.165, 1.54) is 12.1 Å². The summed E-state index contributed by atoms with van der Waals surface area (Å²) in [5.74, 6) is 0.387. The monoisotopic (exact) mass is 401 g/mol. The molecule has 150 valence electrons. The fraction of sp³-hybridized carbons (Fsp3) is 0.174. The molecule has 1 saturated heterocycles. The van der Waals surface area contributed by atoms with Gasteiger partial charge in [0.05, 0.1) is 5.52 Å². The molecule has 2 aromatic heterocycles. The van der Waals surface area contributed by atoms with Crippen molar-refractivity contribution in [3.8, 4) is 5.95 Å². The molecule has 0 N–H and O–H groups in total. The molecule has 0 saturated carbocycles. The Bertz CT molecular complexity index is 1180. The standard InChI is InChI=1S/C23H20FN5O/c24-19-3-5-20(6-4-19)27-12-14-28(15-13-27)22(30)18-2-7-21-17(16-18)8-11-29(21)23-25-9-1-10-26-23/h1-11,16H,12-15H2. The molecule has 30 heavy (non-hydrogen) atoms. The van der Waals surface area contributed by atoms with E-state index >= 15 is 0 Å². The Hall–Kier alpha value is -3.74. The molecule has 0 unspecified atom stereocenters. The zero-order valence-electron chi connectivity index (χ0n) is 16.3. The Morgan fingerprint density at radius 3 is 2.37 bits per heavy atom. The molecule has 6 nitrogen and oxygen atoms in total. The van der Waals surface area contributed by atoms with Crippen LogP contribution < -0.4 is 4.90 Å². The Morgan fingerprint density at radius 1 is 0.900 bits per heavy atom. The number of nitrogens with zero attached hydrogens (tertiary/aromatic N) is 5. The van der Waals surface area contributed by atoms with E-state index in [4.69, 9.17) is 0 Å². The Balaban J connectivity index is 1.31. The van der Waals surface area contributed by atoms with E-state index in [2.05, 4.69) is 14.9 Å². The minimum Gasteiger partial charge on any atom is -0.368 e. The molecular formula is C23H20FN5O. The molecule has 0 spiro atoms. The number of hydrogen-bond acceptors (Lipinski definition) is 4. The van der Waals surface area contributed by atoms with Gasteiger partial charge in [-0.15, -0.1) is 0 Å². The quantitative estimate of drug-likeness (QED) is 0.527. The van der Waals surface area contributed by atoms with Gasteiger partial charge in [0.15, 0.2) is 0 Å². The lowest BCUT2D eigenvalue weighted by Gasteiger charge is -2.36. The van der Waals surface area contributed by atoms with Crippen LogP contribution in [-0.2, 0) is 0 Å². The predicted octanol–water partition coefficient (Wildman–Crippen LogP) is 3.52. The average molecular weight is 401 g/mol. The summed E-state index contributed by atoms with van der Waals surface area (Å²) >= 11 is 0. The summed E-state index contributed by atoms with van der Waals surface area (Å²) in [7, 11) is 0. The molecule has 0 bridgehead atoms. The number of carbonyl (C=O) groups is 1. The first kappa shape index (κ1) is 18.3. The number of rotatable bonds is 3. The molecule has 2 aromatic carbocycles. The molecule has 1 aliphatic rings. The van der Waals surface area contributed by atoms with Gasteiger partial charge in [-0.2, -0.15) is 0 Å². The van der Waals surface area contributed by atoms with Crippen LogP contribution in [0.1, 0.15) is 10.4 Å². The lowest BCUT2D eigenvalue weighted by atomic mass is 10.1. The first-order valence-corrected chi connectivity index (χ1v) is 9.87. The number of fused-ring (bicyclic) bond motifs is 1. The first-order valence-electron chi connectivity index (χ1n) is 9.87. The van der Waals surface area contributed by atoms with Gasteiger partial charge in [-0.05, 0) is 54.6 Å². The summed E-state index contributed by atoms with van der Waals surface area (Å²) in [6.45, 7) is 2.71. The summed E-state index contributed by atoms with van der Waals surface area (Å²) in [5.41, 5.74) is 2.61. The number of hydrogen-bond donors (Lipinski definition) is 0. The lowest BCUT2D eigenvalue weighted by Crippen LogP contribution is -2.48. The van der Waals surface area contributed by atoms with Crippen LogP contribution in [0.5, 0.6) is 0 Å². The van der Waals surface area contributed by atoms with E-state index in [1.807, 2.05) is 39.9 Å². The second-order valence-electron chi connectivity index (χ2n) is 7.26. The molecule has 5 rings (SSSR count). The highest BCUT2D eigenvalue weighted by Crippen LogP contribution is 2.22. The minimum absolute atomic E-state index is 0.0272. The third-order valence-corrected chi connectivity index (χ3v) is 5.46. The van der Waals surface area contributed by atoms with Crippen LogP contribution in [0, 0.1) is 5.82 Å². The molecule has 3 heterocycles. The van der Waals surface area contributed by atoms with Crippen molar-refractivity contribution < 1.29 is 9.18 Å². The molecule has 0 aliphatic carbocycles. The van der Waals surface area contributed by atoms with Crippen LogP contribution in [0.25, 0.3) is 16.9 Å². The van der Waals surface area contributed by atoms with Crippen molar-refractivity contribution >= 4 is 22.5 Å². The van der Waals surface area contributed by atoms with Gasteiger partial charge in [0.25, 0.3) is 5.91 Å². The van der Waals surface area contributed by atoms with Crippen molar-refractivity contribution in [3.05, 3.63) is 84.6 Å². The van der Waals surface area contributed by atoms with Gasteiger partial charge in [-0.25, -0.2) is 14.4 Å². The highest BCUT2D eigenvalue weighted by molar-refractivity contribution is 5.98. The lowest BCUT2D eigenvalue weighted by molar-refractivity contribution is 0.0747. The third-order valence-electron chi connectivity index (χ3n) is 5.46. The highest BCUT2D eigenvalue weighted by atomic mass is 19.1. The fourth-order valence-electron chi connectivity index (χ4n) is 3.87. The summed E-state index contributed by atoms with van der Waals surface area (Å²) < 4.78 is 15.0. The molecule has 0 radical (unpaired) electrons. The molecule has 4 aromatic rings. The maximum atomic E-state index is 13.1. The Kier molecular flexibility index (Phi) is 4.63. The molecular weight excluding hydrogens is 381 g/mol.